The van der Waals surface area contributed by atoms with Crippen LogP contribution in [0.5, 0.6) is 0 Å². The Balaban J connectivity index is 1.54. The monoisotopic (exact) mass is 333 g/mol. The molecule has 1 atom stereocenters. The van der Waals surface area contributed by atoms with Gasteiger partial charge in [0.1, 0.15) is 6.04 Å². The number of fused-ring (bicyclic) bond motifs is 1. The van der Waals surface area contributed by atoms with Crippen LogP contribution in [-0.2, 0) is 9.53 Å². The van der Waals surface area contributed by atoms with E-state index in [-0.39, 0.29) is 5.91 Å². The van der Waals surface area contributed by atoms with Crippen LogP contribution in [0.25, 0.3) is 10.2 Å². The highest BCUT2D eigenvalue weighted by molar-refractivity contribution is 8.01. The van der Waals surface area contributed by atoms with Crippen LogP contribution < -0.4 is 0 Å². The van der Waals surface area contributed by atoms with E-state index < -0.39 is 6.04 Å². The first kappa shape index (κ1) is 15.3. The van der Waals surface area contributed by atoms with E-state index in [2.05, 4.69) is 11.1 Å². The number of amides is 1. The van der Waals surface area contributed by atoms with E-state index in [0.29, 0.717) is 31.9 Å². The molecule has 2 heterocycles. The Hall–Kier alpha value is -1.62. The second-order valence-electron chi connectivity index (χ2n) is 4.85. The Kier molecular flexibility index (Phi) is 4.93. The Morgan fingerprint density at radius 3 is 3.23 bits per heavy atom. The van der Waals surface area contributed by atoms with Crippen molar-refractivity contribution in [3.8, 4) is 6.07 Å². The fraction of sp³-hybridized carbons (Fsp3) is 0.400. The summed E-state index contributed by atoms with van der Waals surface area (Å²) in [6.07, 6.45) is 0.415. The standard InChI is InChI=1S/C15H15N3O2S2/c16-9-11-10-20-7-6-18(11)14(19)5-8-21-15-17-12-3-1-2-4-13(12)22-15/h1-4,11H,5-8,10H2. The van der Waals surface area contributed by atoms with E-state index >= 15 is 0 Å². The van der Waals surface area contributed by atoms with Gasteiger partial charge in [-0.1, -0.05) is 23.9 Å². The molecule has 1 unspecified atom stereocenters. The molecule has 0 aliphatic carbocycles. The van der Waals surface area contributed by atoms with Gasteiger partial charge in [0.15, 0.2) is 4.34 Å². The molecule has 1 fully saturated rings. The minimum absolute atomic E-state index is 0.0171. The molecule has 0 bridgehead atoms. The van der Waals surface area contributed by atoms with Crippen LogP contribution in [0.1, 0.15) is 6.42 Å². The summed E-state index contributed by atoms with van der Waals surface area (Å²) in [6, 6.07) is 9.69. The molecule has 3 rings (SSSR count). The van der Waals surface area contributed by atoms with E-state index in [1.54, 1.807) is 28.0 Å². The third-order valence-corrected chi connectivity index (χ3v) is 5.59. The highest BCUT2D eigenvalue weighted by atomic mass is 32.2. The number of rotatable bonds is 4. The summed E-state index contributed by atoms with van der Waals surface area (Å²) in [5.41, 5.74) is 0.999. The molecule has 1 saturated heterocycles. The first-order valence-corrected chi connectivity index (χ1v) is 8.83. The molecule has 1 aromatic heterocycles. The van der Waals surface area contributed by atoms with Gasteiger partial charge in [0.05, 0.1) is 29.5 Å². The van der Waals surface area contributed by atoms with Gasteiger partial charge in [-0.05, 0) is 12.1 Å². The Morgan fingerprint density at radius 1 is 1.55 bits per heavy atom. The van der Waals surface area contributed by atoms with Gasteiger partial charge in [0.2, 0.25) is 5.91 Å². The minimum Gasteiger partial charge on any atom is -0.376 e. The second-order valence-corrected chi connectivity index (χ2v) is 7.23. The number of benzene rings is 1. The molecule has 22 heavy (non-hydrogen) atoms. The van der Waals surface area contributed by atoms with E-state index in [1.165, 1.54) is 0 Å². The summed E-state index contributed by atoms with van der Waals surface area (Å²) < 4.78 is 7.37. The lowest BCUT2D eigenvalue weighted by molar-refractivity contribution is -0.137. The van der Waals surface area contributed by atoms with E-state index in [9.17, 15) is 4.79 Å². The lowest BCUT2D eigenvalue weighted by Gasteiger charge is -2.31. The van der Waals surface area contributed by atoms with Gasteiger partial charge < -0.3 is 9.64 Å². The molecule has 7 heteroatoms. The zero-order valence-corrected chi connectivity index (χ0v) is 13.5. The SMILES string of the molecule is N#CC1COCCN1C(=O)CCSc1nc2ccccc2s1. The number of thiazole rings is 1. The van der Waals surface area contributed by atoms with Crippen LogP contribution in [0.15, 0.2) is 28.6 Å². The predicted molar refractivity (Wildman–Crippen MR) is 86.9 cm³/mol. The van der Waals surface area contributed by atoms with Crippen molar-refractivity contribution in [1.82, 2.24) is 9.88 Å². The number of morpholine rings is 1. The van der Waals surface area contributed by atoms with Crippen molar-refractivity contribution in [3.63, 3.8) is 0 Å². The molecule has 1 aliphatic rings. The molecule has 5 nitrogen and oxygen atoms in total. The number of carbonyl (C=O) groups is 1. The zero-order chi connectivity index (χ0) is 15.4. The maximum absolute atomic E-state index is 12.2. The third kappa shape index (κ3) is 3.40. The fourth-order valence-corrected chi connectivity index (χ4v) is 4.36. The number of para-hydroxylation sites is 1. The van der Waals surface area contributed by atoms with Crippen LogP contribution in [-0.4, -0.2) is 47.3 Å². The van der Waals surface area contributed by atoms with Gasteiger partial charge in [0.25, 0.3) is 0 Å². The molecule has 1 amide bonds. The van der Waals surface area contributed by atoms with Crippen molar-refractivity contribution in [2.45, 2.75) is 16.8 Å². The number of carbonyl (C=O) groups excluding carboxylic acids is 1. The summed E-state index contributed by atoms with van der Waals surface area (Å²) >= 11 is 3.24. The van der Waals surface area contributed by atoms with Gasteiger partial charge in [0, 0.05) is 18.7 Å². The first-order chi connectivity index (χ1) is 10.8. The molecule has 2 aromatic rings. The van der Waals surface area contributed by atoms with Crippen molar-refractivity contribution in [2.75, 3.05) is 25.5 Å². The zero-order valence-electron chi connectivity index (χ0n) is 11.9. The smallest absolute Gasteiger partial charge is 0.224 e. The average Bonchev–Trinajstić information content (AvgIpc) is 2.97. The summed E-state index contributed by atoms with van der Waals surface area (Å²) in [5, 5.41) is 9.06. The van der Waals surface area contributed by atoms with Gasteiger partial charge in [-0.2, -0.15) is 5.26 Å². The third-order valence-electron chi connectivity index (χ3n) is 3.41. The van der Waals surface area contributed by atoms with Crippen molar-refractivity contribution in [1.29, 1.82) is 5.26 Å². The number of nitriles is 1. The molecule has 0 spiro atoms. The van der Waals surface area contributed by atoms with Crippen molar-refractivity contribution in [2.24, 2.45) is 0 Å². The Morgan fingerprint density at radius 2 is 2.41 bits per heavy atom. The largest absolute Gasteiger partial charge is 0.376 e. The summed E-state index contributed by atoms with van der Waals surface area (Å²) in [6.45, 7) is 1.32. The molecule has 0 saturated carbocycles. The first-order valence-electron chi connectivity index (χ1n) is 7.03. The van der Waals surface area contributed by atoms with Crippen LogP contribution in [0, 0.1) is 11.3 Å². The van der Waals surface area contributed by atoms with Crippen LogP contribution >= 0.6 is 23.1 Å². The molecule has 1 aliphatic heterocycles. The van der Waals surface area contributed by atoms with Crippen LogP contribution in [0.3, 0.4) is 0 Å². The summed E-state index contributed by atoms with van der Waals surface area (Å²) in [4.78, 5) is 18.4. The number of aromatic nitrogens is 1. The maximum atomic E-state index is 12.2. The maximum Gasteiger partial charge on any atom is 0.224 e. The Bertz CT molecular complexity index is 677. The van der Waals surface area contributed by atoms with Gasteiger partial charge in [-0.15, -0.1) is 11.3 Å². The van der Waals surface area contributed by atoms with E-state index in [0.717, 1.165) is 14.6 Å². The van der Waals surface area contributed by atoms with Crippen LogP contribution in [0.2, 0.25) is 0 Å². The molecular formula is C15H15N3O2S2. The highest BCUT2D eigenvalue weighted by Gasteiger charge is 2.26. The number of hydrogen-bond acceptors (Lipinski definition) is 6. The van der Waals surface area contributed by atoms with Crippen molar-refractivity contribution < 1.29 is 9.53 Å². The summed E-state index contributed by atoms with van der Waals surface area (Å²) in [5.74, 6) is 0.692. The molecule has 0 N–H and O–H groups in total. The Labute approximate surface area is 136 Å². The van der Waals surface area contributed by atoms with Gasteiger partial charge in [-0.25, -0.2) is 4.98 Å². The number of hydrogen-bond donors (Lipinski definition) is 0. The molecule has 114 valence electrons. The quantitative estimate of drug-likeness (QED) is 0.805. The minimum atomic E-state index is -0.450. The van der Waals surface area contributed by atoms with Crippen molar-refractivity contribution in [3.05, 3.63) is 24.3 Å². The number of ether oxygens (including phenoxy) is 1. The van der Waals surface area contributed by atoms with E-state index in [1.807, 2.05) is 24.3 Å². The van der Waals surface area contributed by atoms with Crippen LogP contribution in [0.4, 0.5) is 0 Å². The normalized spacial score (nSPS) is 18.3. The fourth-order valence-electron chi connectivity index (χ4n) is 2.29. The second kappa shape index (κ2) is 7.09. The lowest BCUT2D eigenvalue weighted by Crippen LogP contribution is -2.48. The summed E-state index contributed by atoms with van der Waals surface area (Å²) in [7, 11) is 0. The lowest BCUT2D eigenvalue weighted by atomic mass is 10.2. The topological polar surface area (TPSA) is 66.2 Å². The number of thioether (sulfide) groups is 1. The predicted octanol–water partition coefficient (Wildman–Crippen LogP) is 2.53. The molecule has 1 aromatic carbocycles. The average molecular weight is 333 g/mol. The highest BCUT2D eigenvalue weighted by Crippen LogP contribution is 2.29. The molecule has 0 radical (unpaired) electrons. The van der Waals surface area contributed by atoms with Crippen molar-refractivity contribution >= 4 is 39.2 Å². The van der Waals surface area contributed by atoms with Gasteiger partial charge in [-0.3, -0.25) is 4.79 Å². The van der Waals surface area contributed by atoms with E-state index in [4.69, 9.17) is 10.00 Å². The van der Waals surface area contributed by atoms with Gasteiger partial charge >= 0.3 is 0 Å². The number of nitrogens with zero attached hydrogens (tertiary/aromatic N) is 3. The molecular weight excluding hydrogens is 318 g/mol.